The van der Waals surface area contributed by atoms with Crippen molar-refractivity contribution in [2.45, 2.75) is 83.8 Å². The summed E-state index contributed by atoms with van der Waals surface area (Å²) in [7, 11) is 2.20. The summed E-state index contributed by atoms with van der Waals surface area (Å²) in [5.41, 5.74) is 7.98. The number of aryl methyl sites for hydroxylation is 2. The number of carbonyl (C=O) groups excluding carboxylic acids is 2. The lowest BCUT2D eigenvalue weighted by molar-refractivity contribution is -0.120. The highest BCUT2D eigenvalue weighted by molar-refractivity contribution is 5.91. The Bertz CT molecular complexity index is 1820. The minimum Gasteiger partial charge on any atom is -0.351 e. The van der Waals surface area contributed by atoms with Gasteiger partial charge in [0.25, 0.3) is 0 Å². The molecule has 2 N–H and O–H groups in total. The maximum absolute atomic E-state index is 13.8. The van der Waals surface area contributed by atoms with Crippen molar-refractivity contribution in [2.75, 3.05) is 45.1 Å². The number of amides is 3. The summed E-state index contributed by atoms with van der Waals surface area (Å²) in [5, 5.41) is 8.12. The first-order valence-electron chi connectivity index (χ1n) is 19.0. The molecule has 3 aromatic carbocycles. The van der Waals surface area contributed by atoms with Gasteiger partial charge in [-0.25, -0.2) is 14.6 Å². The zero-order valence-corrected chi connectivity index (χ0v) is 30.4. The van der Waals surface area contributed by atoms with Gasteiger partial charge in [-0.15, -0.1) is 5.06 Å². The van der Waals surface area contributed by atoms with Crippen molar-refractivity contribution in [3.8, 4) is 0 Å². The summed E-state index contributed by atoms with van der Waals surface area (Å²) in [5.74, 6) is 1.42. The van der Waals surface area contributed by atoms with E-state index >= 15 is 0 Å². The van der Waals surface area contributed by atoms with E-state index < -0.39 is 6.09 Å². The Kier molecular flexibility index (Phi) is 10.9. The Morgan fingerprint density at radius 1 is 0.922 bits per heavy atom. The predicted molar refractivity (Wildman–Crippen MR) is 202 cm³/mol. The number of imidazole rings is 1. The van der Waals surface area contributed by atoms with E-state index in [-0.39, 0.29) is 18.1 Å². The summed E-state index contributed by atoms with van der Waals surface area (Å²) in [4.78, 5) is 42.5. The van der Waals surface area contributed by atoms with Crippen LogP contribution in [0.2, 0.25) is 0 Å². The highest BCUT2D eigenvalue weighted by atomic mass is 16.7. The Hall–Kier alpha value is -4.41. The molecule has 1 unspecified atom stereocenters. The minimum atomic E-state index is -0.472. The van der Waals surface area contributed by atoms with Crippen LogP contribution in [0.4, 0.5) is 15.3 Å². The number of para-hydroxylation sites is 3. The normalized spacial score (nSPS) is 18.6. The third-order valence-electron chi connectivity index (χ3n) is 11.3. The van der Waals surface area contributed by atoms with Crippen molar-refractivity contribution >= 4 is 28.8 Å². The molecule has 10 nitrogen and oxygen atoms in total. The Labute approximate surface area is 302 Å². The van der Waals surface area contributed by atoms with Crippen LogP contribution in [0.25, 0.3) is 11.0 Å². The Morgan fingerprint density at radius 3 is 2.45 bits per heavy atom. The number of rotatable bonds is 10. The molecular formula is C41H53N7O3. The van der Waals surface area contributed by atoms with E-state index in [1.165, 1.54) is 16.7 Å². The van der Waals surface area contributed by atoms with E-state index in [0.29, 0.717) is 32.0 Å². The molecule has 7 rings (SSSR count). The second-order valence-electron chi connectivity index (χ2n) is 14.6. The van der Waals surface area contributed by atoms with E-state index in [0.717, 1.165) is 92.7 Å². The van der Waals surface area contributed by atoms with E-state index in [4.69, 9.17) is 9.82 Å². The number of fused-ring (bicyclic) bond motifs is 2. The van der Waals surface area contributed by atoms with Crippen LogP contribution in [0.15, 0.2) is 66.7 Å². The van der Waals surface area contributed by atoms with Crippen LogP contribution >= 0.6 is 0 Å². The number of benzene rings is 3. The molecule has 3 aliphatic rings. The lowest BCUT2D eigenvalue weighted by atomic mass is 9.95. The fraction of sp³-hybridized carbons (Fsp3) is 0.488. The Morgan fingerprint density at radius 2 is 1.67 bits per heavy atom. The SMILES string of the molecule is CCc1ccc(CC(NC(=O)ON2CCC(N3CCc4ccccc4NC3=O)CC2)c2nc3ccccc3n2CC2CCN(C)CC2)cc1CC. The third kappa shape index (κ3) is 8.07. The first kappa shape index (κ1) is 35.0. The fourth-order valence-corrected chi connectivity index (χ4v) is 8.25. The molecule has 0 saturated carbocycles. The summed E-state index contributed by atoms with van der Waals surface area (Å²) in [6.45, 7) is 9.26. The number of hydrogen-bond acceptors (Lipinski definition) is 6. The molecule has 10 heteroatoms. The second-order valence-corrected chi connectivity index (χ2v) is 14.6. The summed E-state index contributed by atoms with van der Waals surface area (Å²) in [6, 6.07) is 22.7. The average Bonchev–Trinajstić information content (AvgIpc) is 3.42. The number of hydrogen-bond donors (Lipinski definition) is 2. The topological polar surface area (TPSA) is 95.0 Å². The van der Waals surface area contributed by atoms with Crippen LogP contribution in [-0.2, 0) is 37.1 Å². The van der Waals surface area contributed by atoms with E-state index in [2.05, 4.69) is 83.5 Å². The molecule has 2 saturated heterocycles. The molecule has 0 bridgehead atoms. The first-order valence-corrected chi connectivity index (χ1v) is 19.0. The number of urea groups is 1. The smallest absolute Gasteiger partial charge is 0.351 e. The monoisotopic (exact) mass is 691 g/mol. The fourth-order valence-electron chi connectivity index (χ4n) is 8.25. The summed E-state index contributed by atoms with van der Waals surface area (Å²) < 4.78 is 2.35. The first-order chi connectivity index (χ1) is 24.9. The van der Waals surface area contributed by atoms with Gasteiger partial charge in [-0.2, -0.15) is 0 Å². The van der Waals surface area contributed by atoms with Gasteiger partial charge in [0.1, 0.15) is 5.82 Å². The zero-order valence-electron chi connectivity index (χ0n) is 30.4. The van der Waals surface area contributed by atoms with Gasteiger partial charge in [-0.3, -0.25) is 0 Å². The predicted octanol–water partition coefficient (Wildman–Crippen LogP) is 6.98. The van der Waals surface area contributed by atoms with Gasteiger partial charge >= 0.3 is 12.1 Å². The van der Waals surface area contributed by atoms with Crippen molar-refractivity contribution in [3.63, 3.8) is 0 Å². The molecule has 3 aliphatic heterocycles. The Balaban J connectivity index is 1.07. The van der Waals surface area contributed by atoms with Crippen molar-refractivity contribution in [1.29, 1.82) is 0 Å². The van der Waals surface area contributed by atoms with Crippen LogP contribution in [-0.4, -0.2) is 82.4 Å². The average molecular weight is 692 g/mol. The van der Waals surface area contributed by atoms with Gasteiger partial charge in [0.2, 0.25) is 0 Å². The second kappa shape index (κ2) is 15.9. The molecule has 4 aromatic rings. The molecule has 3 amide bonds. The van der Waals surface area contributed by atoms with Crippen LogP contribution in [0, 0.1) is 5.92 Å². The third-order valence-corrected chi connectivity index (χ3v) is 11.3. The molecular weight excluding hydrogens is 638 g/mol. The molecule has 2 fully saturated rings. The van der Waals surface area contributed by atoms with E-state index in [1.54, 1.807) is 5.06 Å². The lowest BCUT2D eigenvalue weighted by Gasteiger charge is -2.37. The number of aromatic nitrogens is 2. The molecule has 1 aromatic heterocycles. The zero-order chi connectivity index (χ0) is 35.3. The van der Waals surface area contributed by atoms with Crippen molar-refractivity contribution in [1.82, 2.24) is 29.7 Å². The minimum absolute atomic E-state index is 0.0544. The van der Waals surface area contributed by atoms with Crippen LogP contribution in [0.3, 0.4) is 0 Å². The molecule has 270 valence electrons. The van der Waals surface area contributed by atoms with Crippen LogP contribution in [0.1, 0.15) is 73.7 Å². The molecule has 4 heterocycles. The van der Waals surface area contributed by atoms with E-state index in [9.17, 15) is 9.59 Å². The van der Waals surface area contributed by atoms with Gasteiger partial charge in [0.15, 0.2) is 0 Å². The van der Waals surface area contributed by atoms with Gasteiger partial charge in [0, 0.05) is 44.3 Å². The molecule has 0 spiro atoms. The van der Waals surface area contributed by atoms with Gasteiger partial charge in [-0.05, 0) is 111 Å². The van der Waals surface area contributed by atoms with Crippen molar-refractivity contribution < 1.29 is 14.4 Å². The van der Waals surface area contributed by atoms with Gasteiger partial charge < -0.3 is 29.8 Å². The highest BCUT2D eigenvalue weighted by Gasteiger charge is 2.32. The maximum Gasteiger partial charge on any atom is 0.426 e. The van der Waals surface area contributed by atoms with E-state index in [1.807, 2.05) is 29.2 Å². The van der Waals surface area contributed by atoms with Crippen LogP contribution < -0.4 is 10.6 Å². The highest BCUT2D eigenvalue weighted by Crippen LogP contribution is 2.29. The van der Waals surface area contributed by atoms with Gasteiger partial charge in [0.05, 0.1) is 17.1 Å². The van der Waals surface area contributed by atoms with Crippen molar-refractivity contribution in [3.05, 3.63) is 94.8 Å². The number of nitrogens with zero attached hydrogens (tertiary/aromatic N) is 5. The number of anilines is 1. The number of hydroxylamine groups is 2. The largest absolute Gasteiger partial charge is 0.426 e. The number of piperidine rings is 2. The maximum atomic E-state index is 13.8. The summed E-state index contributed by atoms with van der Waals surface area (Å²) >= 11 is 0. The number of likely N-dealkylation sites (tertiary alicyclic amines) is 1. The van der Waals surface area contributed by atoms with Gasteiger partial charge in [-0.1, -0.05) is 62.4 Å². The number of nitrogens with one attached hydrogen (secondary N) is 2. The van der Waals surface area contributed by atoms with Crippen molar-refractivity contribution in [2.24, 2.45) is 5.92 Å². The molecule has 51 heavy (non-hydrogen) atoms. The summed E-state index contributed by atoms with van der Waals surface area (Å²) in [6.07, 6.45) is 6.67. The molecule has 0 radical (unpaired) electrons. The number of carbonyl (C=O) groups is 2. The van der Waals surface area contributed by atoms with Crippen LogP contribution in [0.5, 0.6) is 0 Å². The quantitative estimate of drug-likeness (QED) is 0.186. The standard InChI is InChI=1S/C41H53N7O3/c1-4-31-15-14-30(26-32(31)5-2)27-37(39-42-36-12-8-9-13-38(36)48(39)28-29-16-21-45(3)22-17-29)44-41(50)51-46-23-19-34(20-24-46)47-25-18-33-10-6-7-11-35(33)43-40(47)49/h6-15,26,29,34,37H,4-5,16-25,27-28H2,1-3H3,(H,43,49)(H,44,50). The lowest BCUT2D eigenvalue weighted by Crippen LogP contribution is -2.49. The molecule has 0 aliphatic carbocycles. The molecule has 1 atom stereocenters.